The maximum Gasteiger partial charge on any atom is 0.141 e. The van der Waals surface area contributed by atoms with Crippen molar-refractivity contribution in [2.24, 2.45) is 4.99 Å². The molecule has 0 amide bonds. The predicted octanol–water partition coefficient (Wildman–Crippen LogP) is 4.53. The largest absolute Gasteiger partial charge is 0.283 e. The lowest BCUT2D eigenvalue weighted by Gasteiger charge is -2.32. The van der Waals surface area contributed by atoms with Gasteiger partial charge in [-0.05, 0) is 62.3 Å². The van der Waals surface area contributed by atoms with Crippen molar-refractivity contribution in [2.45, 2.75) is 50.5 Å². The van der Waals surface area contributed by atoms with Crippen molar-refractivity contribution >= 4 is 16.9 Å². The molecule has 3 aromatic rings. The van der Waals surface area contributed by atoms with Gasteiger partial charge < -0.3 is 0 Å². The van der Waals surface area contributed by atoms with E-state index in [1.54, 1.807) is 0 Å². The molecule has 0 bridgehead atoms. The Balaban J connectivity index is 1.64. The number of benzene rings is 2. The molecule has 2 fully saturated rings. The van der Waals surface area contributed by atoms with E-state index in [2.05, 4.69) is 54.8 Å². The van der Waals surface area contributed by atoms with Crippen LogP contribution in [0.15, 0.2) is 47.7 Å². The number of hydrogen-bond acceptors (Lipinski definition) is 2. The highest BCUT2D eigenvalue weighted by atomic mass is 15.2. The summed E-state index contributed by atoms with van der Waals surface area (Å²) in [7, 11) is 0. The van der Waals surface area contributed by atoms with Gasteiger partial charge in [-0.2, -0.15) is 0 Å². The molecule has 0 atom stereocenters. The number of aryl methyl sites for hydroxylation is 2. The van der Waals surface area contributed by atoms with Crippen LogP contribution in [0.4, 0.5) is 0 Å². The maximum absolute atomic E-state index is 5.37. The molecule has 2 spiro atoms. The number of rotatable bonds is 0. The molecule has 6 rings (SSSR count). The van der Waals surface area contributed by atoms with Gasteiger partial charge in [0.1, 0.15) is 12.2 Å². The quantitative estimate of drug-likeness (QED) is 0.597. The van der Waals surface area contributed by atoms with Gasteiger partial charge in [-0.1, -0.05) is 30.3 Å². The first kappa shape index (κ1) is 13.8. The van der Waals surface area contributed by atoms with Gasteiger partial charge in [-0.15, -0.1) is 0 Å². The molecule has 0 saturated heterocycles. The van der Waals surface area contributed by atoms with Gasteiger partial charge in [-0.3, -0.25) is 9.56 Å². The Bertz CT molecular complexity index is 1080. The lowest BCUT2D eigenvalue weighted by atomic mass is 9.80. The first-order valence-electron chi connectivity index (χ1n) is 9.29. The second-order valence-electron chi connectivity index (χ2n) is 8.08. The summed E-state index contributed by atoms with van der Waals surface area (Å²) in [5.41, 5.74) is 8.12. The normalized spacial score (nSPS) is 21.4. The zero-order valence-electron chi connectivity index (χ0n) is 14.7. The summed E-state index contributed by atoms with van der Waals surface area (Å²) in [5, 5.41) is 0. The molecule has 2 aromatic carbocycles. The van der Waals surface area contributed by atoms with Crippen molar-refractivity contribution in [3.05, 3.63) is 65.0 Å². The van der Waals surface area contributed by atoms with Gasteiger partial charge in [-0.25, -0.2) is 4.98 Å². The van der Waals surface area contributed by atoms with Gasteiger partial charge in [0.2, 0.25) is 0 Å². The highest BCUT2D eigenvalue weighted by molar-refractivity contribution is 6.07. The lowest BCUT2D eigenvalue weighted by Crippen LogP contribution is -2.36. The Hall–Kier alpha value is -2.42. The minimum absolute atomic E-state index is 0.160. The van der Waals surface area contributed by atoms with E-state index in [1.165, 1.54) is 53.5 Å². The summed E-state index contributed by atoms with van der Waals surface area (Å²) in [4.78, 5) is 10.1. The first-order valence-corrected chi connectivity index (χ1v) is 9.29. The number of aliphatic imine (C=N–C) groups is 1. The number of nitrogens with zero attached hydrogens (tertiary/aromatic N) is 3. The Morgan fingerprint density at radius 3 is 2.52 bits per heavy atom. The van der Waals surface area contributed by atoms with E-state index in [1.807, 2.05) is 6.33 Å². The molecule has 1 aliphatic heterocycles. The van der Waals surface area contributed by atoms with Crippen molar-refractivity contribution in [3.63, 3.8) is 0 Å². The summed E-state index contributed by atoms with van der Waals surface area (Å²) in [6, 6.07) is 13.3. The summed E-state index contributed by atoms with van der Waals surface area (Å²) in [6.07, 6.45) is 7.02. The molecule has 2 aliphatic carbocycles. The summed E-state index contributed by atoms with van der Waals surface area (Å²) >= 11 is 0. The van der Waals surface area contributed by atoms with E-state index in [0.29, 0.717) is 5.41 Å². The van der Waals surface area contributed by atoms with Gasteiger partial charge in [0.25, 0.3) is 0 Å². The number of fused-ring (bicyclic) bond motifs is 4. The molecule has 0 N–H and O–H groups in total. The van der Waals surface area contributed by atoms with Crippen LogP contribution in [0.25, 0.3) is 11.0 Å². The smallest absolute Gasteiger partial charge is 0.141 e. The second-order valence-corrected chi connectivity index (χ2v) is 8.08. The standard InChI is InChI=1S/C22H21N3/c1-14-7-8-18-19(15(14)2)23-13-25(18)20-16-5-3-4-6-17(16)21(9-10-21)22(24-20)11-12-22/h3-8,13H,9-12H2,1-2H3. The third-order valence-electron chi connectivity index (χ3n) is 6.84. The molecule has 1 aromatic heterocycles. The average Bonchev–Trinajstić information content (AvgIpc) is 3.53. The predicted molar refractivity (Wildman–Crippen MR) is 100 cm³/mol. The number of imidazole rings is 1. The third-order valence-corrected chi connectivity index (χ3v) is 6.84. The first-order chi connectivity index (χ1) is 12.2. The van der Waals surface area contributed by atoms with Crippen molar-refractivity contribution in [1.82, 2.24) is 9.55 Å². The SMILES string of the molecule is Cc1ccc2c(ncn2C2=NC3(CC3)C3(CC3)c3ccccc32)c1C. The van der Waals surface area contributed by atoms with E-state index in [9.17, 15) is 0 Å². The zero-order valence-corrected chi connectivity index (χ0v) is 14.7. The number of aromatic nitrogens is 2. The molecule has 3 nitrogen and oxygen atoms in total. The van der Waals surface area contributed by atoms with Crippen LogP contribution in [-0.4, -0.2) is 20.9 Å². The van der Waals surface area contributed by atoms with Crippen molar-refractivity contribution in [2.75, 3.05) is 0 Å². The van der Waals surface area contributed by atoms with Crippen LogP contribution in [-0.2, 0) is 5.41 Å². The highest BCUT2D eigenvalue weighted by Gasteiger charge is 2.68. The van der Waals surface area contributed by atoms with E-state index in [0.717, 1.165) is 11.4 Å². The maximum atomic E-state index is 5.37. The fraction of sp³-hybridized carbons (Fsp3) is 0.364. The van der Waals surface area contributed by atoms with Crippen molar-refractivity contribution in [1.29, 1.82) is 0 Å². The fourth-order valence-corrected chi connectivity index (χ4v) is 4.96. The molecule has 124 valence electrons. The Morgan fingerprint density at radius 1 is 0.960 bits per heavy atom. The van der Waals surface area contributed by atoms with Gasteiger partial charge in [0.05, 0.1) is 16.6 Å². The van der Waals surface area contributed by atoms with Crippen LogP contribution in [0.3, 0.4) is 0 Å². The van der Waals surface area contributed by atoms with Crippen LogP contribution in [0.1, 0.15) is 47.9 Å². The molecule has 25 heavy (non-hydrogen) atoms. The Morgan fingerprint density at radius 2 is 1.76 bits per heavy atom. The summed E-state index contributed by atoms with van der Waals surface area (Å²) in [5.74, 6) is 1.09. The Kier molecular flexibility index (Phi) is 2.33. The van der Waals surface area contributed by atoms with Gasteiger partial charge in [0.15, 0.2) is 0 Å². The molecule has 0 radical (unpaired) electrons. The molecule has 2 heterocycles. The van der Waals surface area contributed by atoms with Crippen LogP contribution >= 0.6 is 0 Å². The minimum atomic E-state index is 0.160. The average molecular weight is 327 g/mol. The Labute approximate surface area is 147 Å². The second kappa shape index (κ2) is 4.21. The van der Waals surface area contributed by atoms with Crippen LogP contribution in [0, 0.1) is 13.8 Å². The molecular weight excluding hydrogens is 306 g/mol. The zero-order chi connectivity index (χ0) is 16.8. The number of hydrogen-bond donors (Lipinski definition) is 0. The molecule has 0 unspecified atom stereocenters. The molecule has 3 heteroatoms. The van der Waals surface area contributed by atoms with Crippen LogP contribution in [0.2, 0.25) is 0 Å². The van der Waals surface area contributed by atoms with Crippen molar-refractivity contribution in [3.8, 4) is 0 Å². The molecule has 2 saturated carbocycles. The van der Waals surface area contributed by atoms with E-state index >= 15 is 0 Å². The van der Waals surface area contributed by atoms with Crippen molar-refractivity contribution < 1.29 is 0 Å². The summed E-state index contributed by atoms with van der Waals surface area (Å²) in [6.45, 7) is 4.31. The van der Waals surface area contributed by atoms with E-state index < -0.39 is 0 Å². The van der Waals surface area contributed by atoms with Gasteiger partial charge in [0, 0.05) is 11.0 Å². The van der Waals surface area contributed by atoms with Crippen LogP contribution < -0.4 is 0 Å². The van der Waals surface area contributed by atoms with E-state index in [-0.39, 0.29) is 5.54 Å². The third kappa shape index (κ3) is 1.57. The van der Waals surface area contributed by atoms with Gasteiger partial charge >= 0.3 is 0 Å². The lowest BCUT2D eigenvalue weighted by molar-refractivity contribution is 0.495. The van der Waals surface area contributed by atoms with Crippen LogP contribution in [0.5, 0.6) is 0 Å². The minimum Gasteiger partial charge on any atom is -0.283 e. The summed E-state index contributed by atoms with van der Waals surface area (Å²) < 4.78 is 2.22. The molecular formula is C22H21N3. The topological polar surface area (TPSA) is 30.2 Å². The highest BCUT2D eigenvalue weighted by Crippen LogP contribution is 2.69. The monoisotopic (exact) mass is 327 g/mol. The molecule has 3 aliphatic rings. The fourth-order valence-electron chi connectivity index (χ4n) is 4.96. The van der Waals surface area contributed by atoms with E-state index in [4.69, 9.17) is 9.98 Å².